The van der Waals surface area contributed by atoms with E-state index in [1.54, 1.807) is 12.2 Å². The second kappa shape index (κ2) is 8.39. The van der Waals surface area contributed by atoms with Crippen LogP contribution in [0.5, 0.6) is 5.75 Å². The summed E-state index contributed by atoms with van der Waals surface area (Å²) >= 11 is 0. The first kappa shape index (κ1) is 17.8. The van der Waals surface area contributed by atoms with Crippen molar-refractivity contribution in [2.75, 3.05) is 6.54 Å². The average Bonchev–Trinajstić information content (AvgIpc) is 3.03. The maximum atomic E-state index is 12.0. The lowest BCUT2D eigenvalue weighted by Crippen LogP contribution is -2.23. The van der Waals surface area contributed by atoms with Crippen molar-refractivity contribution in [3.63, 3.8) is 0 Å². The number of benzene rings is 2. The molecule has 1 heterocycles. The van der Waals surface area contributed by atoms with Crippen molar-refractivity contribution in [1.29, 1.82) is 0 Å². The second-order valence-electron chi connectivity index (χ2n) is 6.47. The van der Waals surface area contributed by atoms with Crippen molar-refractivity contribution in [3.8, 4) is 5.75 Å². The van der Waals surface area contributed by atoms with Gasteiger partial charge in [-0.05, 0) is 55.7 Å². The van der Waals surface area contributed by atoms with Crippen LogP contribution in [0.3, 0.4) is 0 Å². The molecule has 4 nitrogen and oxygen atoms in total. The summed E-state index contributed by atoms with van der Waals surface area (Å²) in [6, 6.07) is 15.9. The fourth-order valence-electron chi connectivity index (χ4n) is 2.85. The minimum atomic E-state index is -0.0972. The van der Waals surface area contributed by atoms with E-state index >= 15 is 0 Å². The summed E-state index contributed by atoms with van der Waals surface area (Å²) in [4.78, 5) is 15.3. The SMILES string of the molecule is CC(C)Oc1cccc(/C=C/C(=O)NCCc2c[nH]c3ccccc23)c1. The molecule has 134 valence electrons. The Morgan fingerprint density at radius 1 is 1.19 bits per heavy atom. The predicted molar refractivity (Wildman–Crippen MR) is 106 cm³/mol. The highest BCUT2D eigenvalue weighted by atomic mass is 16.5. The minimum Gasteiger partial charge on any atom is -0.491 e. The molecule has 0 aliphatic rings. The molecular weight excluding hydrogens is 324 g/mol. The first-order valence-electron chi connectivity index (χ1n) is 8.89. The van der Waals surface area contributed by atoms with E-state index in [0.29, 0.717) is 6.54 Å². The molecule has 1 amide bonds. The lowest BCUT2D eigenvalue weighted by Gasteiger charge is -2.09. The maximum absolute atomic E-state index is 12.0. The number of aromatic nitrogens is 1. The molecule has 0 fully saturated rings. The van der Waals surface area contributed by atoms with Crippen LogP contribution in [0.15, 0.2) is 60.8 Å². The number of rotatable bonds is 7. The van der Waals surface area contributed by atoms with Gasteiger partial charge in [-0.1, -0.05) is 30.3 Å². The van der Waals surface area contributed by atoms with Crippen LogP contribution >= 0.6 is 0 Å². The van der Waals surface area contributed by atoms with Crippen LogP contribution in [0, 0.1) is 0 Å². The van der Waals surface area contributed by atoms with E-state index < -0.39 is 0 Å². The lowest BCUT2D eigenvalue weighted by molar-refractivity contribution is -0.116. The molecule has 0 bridgehead atoms. The maximum Gasteiger partial charge on any atom is 0.244 e. The molecule has 26 heavy (non-hydrogen) atoms. The number of amides is 1. The monoisotopic (exact) mass is 348 g/mol. The van der Waals surface area contributed by atoms with Crippen LogP contribution in [-0.4, -0.2) is 23.5 Å². The molecule has 0 saturated heterocycles. The molecule has 4 heteroatoms. The minimum absolute atomic E-state index is 0.0972. The molecule has 0 unspecified atom stereocenters. The van der Waals surface area contributed by atoms with Crippen molar-refractivity contribution in [2.24, 2.45) is 0 Å². The molecule has 3 aromatic rings. The van der Waals surface area contributed by atoms with Gasteiger partial charge in [-0.2, -0.15) is 0 Å². The Balaban J connectivity index is 1.52. The van der Waals surface area contributed by atoms with Gasteiger partial charge in [-0.3, -0.25) is 4.79 Å². The van der Waals surface area contributed by atoms with Gasteiger partial charge in [0.05, 0.1) is 6.10 Å². The van der Waals surface area contributed by atoms with Crippen LogP contribution in [-0.2, 0) is 11.2 Å². The number of nitrogens with one attached hydrogen (secondary N) is 2. The molecule has 3 rings (SSSR count). The number of carbonyl (C=O) groups is 1. The molecule has 0 aliphatic heterocycles. The molecule has 1 aromatic heterocycles. The van der Waals surface area contributed by atoms with Crippen molar-refractivity contribution >= 4 is 22.9 Å². The predicted octanol–water partition coefficient (Wildman–Crippen LogP) is 4.33. The summed E-state index contributed by atoms with van der Waals surface area (Å²) < 4.78 is 5.67. The van der Waals surface area contributed by atoms with Crippen LogP contribution < -0.4 is 10.1 Å². The largest absolute Gasteiger partial charge is 0.491 e. The van der Waals surface area contributed by atoms with Gasteiger partial charge in [-0.25, -0.2) is 0 Å². The Morgan fingerprint density at radius 2 is 2.04 bits per heavy atom. The number of hydrogen-bond acceptors (Lipinski definition) is 2. The van der Waals surface area contributed by atoms with E-state index in [4.69, 9.17) is 4.74 Å². The number of ether oxygens (including phenoxy) is 1. The molecule has 0 aliphatic carbocycles. The lowest BCUT2D eigenvalue weighted by atomic mass is 10.1. The van der Waals surface area contributed by atoms with Gasteiger partial charge >= 0.3 is 0 Å². The highest BCUT2D eigenvalue weighted by molar-refractivity contribution is 5.91. The topological polar surface area (TPSA) is 54.1 Å². The summed E-state index contributed by atoms with van der Waals surface area (Å²) in [7, 11) is 0. The molecule has 2 aromatic carbocycles. The highest BCUT2D eigenvalue weighted by Gasteiger charge is 2.03. The third-order valence-electron chi connectivity index (χ3n) is 4.03. The zero-order valence-corrected chi connectivity index (χ0v) is 15.2. The summed E-state index contributed by atoms with van der Waals surface area (Å²) in [5.41, 5.74) is 3.27. The molecule has 0 saturated carbocycles. The van der Waals surface area contributed by atoms with Gasteiger partial charge in [0.25, 0.3) is 0 Å². The number of hydrogen-bond donors (Lipinski definition) is 2. The van der Waals surface area contributed by atoms with E-state index in [1.165, 1.54) is 10.9 Å². The summed E-state index contributed by atoms with van der Waals surface area (Å²) in [5, 5.41) is 4.14. The Kier molecular flexibility index (Phi) is 5.74. The van der Waals surface area contributed by atoms with Crippen LogP contribution in [0.4, 0.5) is 0 Å². The van der Waals surface area contributed by atoms with Crippen molar-refractivity contribution in [3.05, 3.63) is 71.9 Å². The summed E-state index contributed by atoms with van der Waals surface area (Å²) in [6.45, 7) is 4.58. The third-order valence-corrected chi connectivity index (χ3v) is 4.03. The van der Waals surface area contributed by atoms with Crippen LogP contribution in [0.1, 0.15) is 25.0 Å². The third kappa shape index (κ3) is 4.76. The van der Waals surface area contributed by atoms with Gasteiger partial charge < -0.3 is 15.0 Å². The Labute approximate surface area is 153 Å². The Bertz CT molecular complexity index is 909. The smallest absolute Gasteiger partial charge is 0.244 e. The van der Waals surface area contributed by atoms with Gasteiger partial charge in [0.15, 0.2) is 0 Å². The molecule has 0 radical (unpaired) electrons. The van der Waals surface area contributed by atoms with Crippen molar-refractivity contribution in [1.82, 2.24) is 10.3 Å². The second-order valence-corrected chi connectivity index (χ2v) is 6.47. The number of fused-ring (bicyclic) bond motifs is 1. The van der Waals surface area contributed by atoms with E-state index in [-0.39, 0.29) is 12.0 Å². The zero-order chi connectivity index (χ0) is 18.4. The number of aromatic amines is 1. The Hall–Kier alpha value is -3.01. The number of para-hydroxylation sites is 1. The number of H-pyrrole nitrogens is 1. The highest BCUT2D eigenvalue weighted by Crippen LogP contribution is 2.18. The van der Waals surface area contributed by atoms with E-state index in [2.05, 4.69) is 22.4 Å². The first-order valence-corrected chi connectivity index (χ1v) is 8.89. The van der Waals surface area contributed by atoms with E-state index in [0.717, 1.165) is 23.3 Å². The van der Waals surface area contributed by atoms with E-state index in [9.17, 15) is 4.79 Å². The van der Waals surface area contributed by atoms with Crippen molar-refractivity contribution in [2.45, 2.75) is 26.4 Å². The summed E-state index contributed by atoms with van der Waals surface area (Å²) in [5.74, 6) is 0.710. The first-order chi connectivity index (χ1) is 12.6. The standard InChI is InChI=1S/C22H24N2O2/c1-16(2)26-19-7-5-6-17(14-19)10-11-22(25)23-13-12-18-15-24-21-9-4-3-8-20(18)21/h3-11,14-16,24H,12-13H2,1-2H3,(H,23,25)/b11-10+. The van der Waals surface area contributed by atoms with E-state index in [1.807, 2.05) is 56.4 Å². The van der Waals surface area contributed by atoms with Gasteiger partial charge in [-0.15, -0.1) is 0 Å². The van der Waals surface area contributed by atoms with Gasteiger partial charge in [0, 0.05) is 29.7 Å². The zero-order valence-electron chi connectivity index (χ0n) is 15.2. The number of carbonyl (C=O) groups excluding carboxylic acids is 1. The van der Waals surface area contributed by atoms with Gasteiger partial charge in [0.1, 0.15) is 5.75 Å². The van der Waals surface area contributed by atoms with Crippen LogP contribution in [0.2, 0.25) is 0 Å². The average molecular weight is 348 g/mol. The molecule has 0 spiro atoms. The fourth-order valence-corrected chi connectivity index (χ4v) is 2.85. The quantitative estimate of drug-likeness (QED) is 0.625. The summed E-state index contributed by atoms with van der Waals surface area (Å²) in [6.07, 6.45) is 6.29. The molecular formula is C22H24N2O2. The normalized spacial score (nSPS) is 11.3. The Morgan fingerprint density at radius 3 is 2.88 bits per heavy atom. The molecule has 2 N–H and O–H groups in total. The molecule has 0 atom stereocenters. The fraction of sp³-hybridized carbons (Fsp3) is 0.227. The van der Waals surface area contributed by atoms with Crippen LogP contribution in [0.25, 0.3) is 17.0 Å². The van der Waals surface area contributed by atoms with Gasteiger partial charge in [0.2, 0.25) is 5.91 Å². The van der Waals surface area contributed by atoms with Crippen molar-refractivity contribution < 1.29 is 9.53 Å².